The third kappa shape index (κ3) is 4.40. The molecular weight excluding hydrogens is 478 g/mol. The van der Waals surface area contributed by atoms with E-state index in [0.717, 1.165) is 11.0 Å². The summed E-state index contributed by atoms with van der Waals surface area (Å²) in [5, 5.41) is 0.949. The molecule has 1 atom stereocenters. The largest absolute Gasteiger partial charge is 0.489 e. The first-order valence-electron chi connectivity index (χ1n) is 11.7. The van der Waals surface area contributed by atoms with Crippen LogP contribution in [-0.4, -0.2) is 39.9 Å². The van der Waals surface area contributed by atoms with Gasteiger partial charge in [0, 0.05) is 24.7 Å². The average Bonchev–Trinajstić information content (AvgIpc) is 3.21. The van der Waals surface area contributed by atoms with Gasteiger partial charge in [0.15, 0.2) is 0 Å². The molecule has 0 amide bonds. The Labute approximate surface area is 209 Å². The summed E-state index contributed by atoms with van der Waals surface area (Å²) in [4.78, 5) is 18.0. The molecule has 2 N–H and O–H groups in total. The monoisotopic (exact) mass is 505 g/mol. The van der Waals surface area contributed by atoms with E-state index in [4.69, 9.17) is 10.5 Å². The first kappa shape index (κ1) is 23.8. The number of nitrogens with two attached hydrogens (primary N) is 1. The molecule has 0 saturated carbocycles. The summed E-state index contributed by atoms with van der Waals surface area (Å²) >= 11 is 0. The van der Waals surface area contributed by atoms with E-state index >= 15 is 0 Å². The smallest absolute Gasteiger partial charge is 0.334 e. The van der Waals surface area contributed by atoms with Crippen molar-refractivity contribution in [2.45, 2.75) is 25.5 Å². The van der Waals surface area contributed by atoms with Crippen molar-refractivity contribution >= 4 is 26.9 Å². The van der Waals surface area contributed by atoms with Crippen molar-refractivity contribution in [1.29, 1.82) is 0 Å². The lowest BCUT2D eigenvalue weighted by molar-refractivity contribution is 0.269. The highest BCUT2D eigenvalue weighted by Crippen LogP contribution is 2.29. The van der Waals surface area contributed by atoms with Crippen LogP contribution < -0.4 is 16.2 Å². The Morgan fingerprint density at radius 3 is 2.58 bits per heavy atom. The molecule has 4 aromatic rings. The molecule has 2 aromatic carbocycles. The highest BCUT2D eigenvalue weighted by molar-refractivity contribution is 7.92. The lowest BCUT2D eigenvalue weighted by Gasteiger charge is -2.31. The molecule has 1 aliphatic heterocycles. The zero-order chi connectivity index (χ0) is 25.3. The Hall–Kier alpha value is -3.89. The Balaban J connectivity index is 1.51. The number of aromatic nitrogens is 3. The standard InChI is InChI=1S/C26H27N5O4S/c1-2-36(33,34)29-16-6-9-21(17-29)30-23-14-15-28-25(27)24(23)31(26(30)32)20-10-12-22(13-11-20)35-18-19-7-4-3-5-8-19/h2-5,7-8,10-15,21H,1,6,9,16-18H2,(H2,27,28)/t21-/m1/s1. The molecule has 9 nitrogen and oxygen atoms in total. The number of imidazole rings is 1. The summed E-state index contributed by atoms with van der Waals surface area (Å²) in [5.74, 6) is 0.891. The van der Waals surface area contributed by atoms with Crippen LogP contribution in [-0.2, 0) is 16.6 Å². The van der Waals surface area contributed by atoms with Crippen LogP contribution >= 0.6 is 0 Å². The number of nitrogens with zero attached hydrogens (tertiary/aromatic N) is 4. The molecule has 0 aliphatic carbocycles. The van der Waals surface area contributed by atoms with E-state index in [-0.39, 0.29) is 24.1 Å². The Kier molecular flexibility index (Phi) is 6.38. The molecular formula is C26H27N5O4S. The molecule has 5 rings (SSSR count). The van der Waals surface area contributed by atoms with E-state index in [0.29, 0.717) is 48.5 Å². The number of nitrogen functional groups attached to an aromatic ring is 1. The molecule has 0 spiro atoms. The molecule has 3 heterocycles. The molecule has 1 aliphatic rings. The van der Waals surface area contributed by atoms with E-state index < -0.39 is 10.0 Å². The topological polar surface area (TPSA) is 112 Å². The predicted molar refractivity (Wildman–Crippen MR) is 139 cm³/mol. The predicted octanol–water partition coefficient (Wildman–Crippen LogP) is 3.46. The summed E-state index contributed by atoms with van der Waals surface area (Å²) in [6.07, 6.45) is 2.85. The fourth-order valence-corrected chi connectivity index (χ4v) is 5.66. The van der Waals surface area contributed by atoms with E-state index in [1.54, 1.807) is 41.1 Å². The minimum atomic E-state index is -3.59. The summed E-state index contributed by atoms with van der Waals surface area (Å²) in [5.41, 5.74) is 8.71. The number of anilines is 1. The van der Waals surface area contributed by atoms with Crippen LogP contribution in [0.1, 0.15) is 24.4 Å². The molecule has 36 heavy (non-hydrogen) atoms. The van der Waals surface area contributed by atoms with Crippen LogP contribution in [0.3, 0.4) is 0 Å². The van der Waals surface area contributed by atoms with Crippen LogP contribution in [0.5, 0.6) is 5.75 Å². The van der Waals surface area contributed by atoms with Crippen molar-refractivity contribution in [2.75, 3.05) is 18.8 Å². The Morgan fingerprint density at radius 1 is 1.11 bits per heavy atom. The van der Waals surface area contributed by atoms with Gasteiger partial charge in [-0.1, -0.05) is 36.9 Å². The second-order valence-corrected chi connectivity index (χ2v) is 10.6. The highest BCUT2D eigenvalue weighted by Gasteiger charge is 2.31. The normalized spacial score (nSPS) is 16.7. The van der Waals surface area contributed by atoms with Crippen molar-refractivity contribution in [3.05, 3.63) is 94.9 Å². The molecule has 0 bridgehead atoms. The van der Waals surface area contributed by atoms with E-state index in [9.17, 15) is 13.2 Å². The van der Waals surface area contributed by atoms with Crippen LogP contribution in [0.2, 0.25) is 0 Å². The second kappa shape index (κ2) is 9.63. The van der Waals surface area contributed by atoms with Gasteiger partial charge in [0.25, 0.3) is 0 Å². The SMILES string of the molecule is C=CS(=O)(=O)N1CCC[C@@H](n2c(=O)n(-c3ccc(OCc4ccccc4)cc3)c3c(N)nccc32)C1. The second-order valence-electron chi connectivity index (χ2n) is 8.69. The number of pyridine rings is 1. The minimum Gasteiger partial charge on any atom is -0.489 e. The van der Waals surface area contributed by atoms with Crippen LogP contribution in [0.25, 0.3) is 16.7 Å². The zero-order valence-corrected chi connectivity index (χ0v) is 20.5. The maximum atomic E-state index is 13.8. The van der Waals surface area contributed by atoms with Gasteiger partial charge >= 0.3 is 5.69 Å². The van der Waals surface area contributed by atoms with Gasteiger partial charge in [-0.15, -0.1) is 0 Å². The third-order valence-electron chi connectivity index (χ3n) is 6.45. The van der Waals surface area contributed by atoms with Crippen LogP contribution in [0.4, 0.5) is 5.82 Å². The van der Waals surface area contributed by atoms with Crippen molar-refractivity contribution in [1.82, 2.24) is 18.4 Å². The summed E-state index contributed by atoms with van der Waals surface area (Å²) in [6, 6.07) is 18.5. The van der Waals surface area contributed by atoms with E-state index in [2.05, 4.69) is 11.6 Å². The van der Waals surface area contributed by atoms with E-state index in [1.807, 2.05) is 30.3 Å². The molecule has 186 valence electrons. The number of fused-ring (bicyclic) bond motifs is 1. The Bertz CT molecular complexity index is 1560. The number of sulfonamides is 1. The number of ether oxygens (including phenoxy) is 1. The van der Waals surface area contributed by atoms with Crippen molar-refractivity contribution in [2.24, 2.45) is 0 Å². The van der Waals surface area contributed by atoms with Gasteiger partial charge in [-0.3, -0.25) is 9.13 Å². The quantitative estimate of drug-likeness (QED) is 0.412. The van der Waals surface area contributed by atoms with Gasteiger partial charge in [-0.05, 0) is 48.7 Å². The van der Waals surface area contributed by atoms with Gasteiger partial charge in [-0.25, -0.2) is 18.2 Å². The van der Waals surface area contributed by atoms with Crippen molar-refractivity contribution in [3.8, 4) is 11.4 Å². The summed E-state index contributed by atoms with van der Waals surface area (Å²) < 4.78 is 35.2. The Morgan fingerprint density at radius 2 is 1.86 bits per heavy atom. The number of benzene rings is 2. The first-order valence-corrected chi connectivity index (χ1v) is 13.2. The van der Waals surface area contributed by atoms with E-state index in [1.165, 1.54) is 8.87 Å². The number of hydrogen-bond acceptors (Lipinski definition) is 6. The maximum absolute atomic E-state index is 13.8. The van der Waals surface area contributed by atoms with Crippen molar-refractivity contribution < 1.29 is 13.2 Å². The van der Waals surface area contributed by atoms with Crippen LogP contribution in [0.15, 0.2) is 83.6 Å². The third-order valence-corrected chi connectivity index (χ3v) is 7.92. The lowest BCUT2D eigenvalue weighted by atomic mass is 10.1. The van der Waals surface area contributed by atoms with Gasteiger partial charge in [0.1, 0.15) is 23.7 Å². The lowest BCUT2D eigenvalue weighted by Crippen LogP contribution is -2.42. The highest BCUT2D eigenvalue weighted by atomic mass is 32.2. The zero-order valence-electron chi connectivity index (χ0n) is 19.7. The molecule has 0 radical (unpaired) electrons. The first-order chi connectivity index (χ1) is 17.4. The summed E-state index contributed by atoms with van der Waals surface area (Å²) in [6.45, 7) is 4.44. The van der Waals surface area contributed by atoms with Crippen LogP contribution in [0, 0.1) is 0 Å². The molecule has 1 fully saturated rings. The molecule has 10 heteroatoms. The molecule has 1 saturated heterocycles. The number of piperidine rings is 1. The minimum absolute atomic E-state index is 0.182. The van der Waals surface area contributed by atoms with Gasteiger partial charge < -0.3 is 10.5 Å². The summed E-state index contributed by atoms with van der Waals surface area (Å²) in [7, 11) is -3.59. The van der Waals surface area contributed by atoms with Gasteiger partial charge in [0.2, 0.25) is 10.0 Å². The number of hydrogen-bond donors (Lipinski definition) is 1. The maximum Gasteiger partial charge on any atom is 0.334 e. The van der Waals surface area contributed by atoms with Gasteiger partial charge in [-0.2, -0.15) is 4.31 Å². The van der Waals surface area contributed by atoms with Crippen molar-refractivity contribution in [3.63, 3.8) is 0 Å². The van der Waals surface area contributed by atoms with Gasteiger partial charge in [0.05, 0.1) is 17.2 Å². The number of rotatable bonds is 7. The fraction of sp³-hybridized carbons (Fsp3) is 0.231. The average molecular weight is 506 g/mol. The molecule has 2 aromatic heterocycles. The molecule has 0 unspecified atom stereocenters. The fourth-order valence-electron chi connectivity index (χ4n) is 4.68.